The fourth-order valence-corrected chi connectivity index (χ4v) is 6.24. The highest BCUT2D eigenvalue weighted by atomic mass is 79.9. The first-order valence-corrected chi connectivity index (χ1v) is 11.7. The van der Waals surface area contributed by atoms with Crippen LogP contribution in [0.15, 0.2) is 95.5 Å². The summed E-state index contributed by atoms with van der Waals surface area (Å²) < 4.78 is 0.932. The molecule has 1 aliphatic rings. The summed E-state index contributed by atoms with van der Waals surface area (Å²) in [6, 6.07) is 32.9. The van der Waals surface area contributed by atoms with Gasteiger partial charge in [0.2, 0.25) is 0 Å². The Hall–Kier alpha value is -2.42. The molecule has 0 saturated heterocycles. The summed E-state index contributed by atoms with van der Waals surface area (Å²) in [6.45, 7) is 0. The van der Waals surface area contributed by atoms with Crippen LogP contribution in [0.2, 0.25) is 0 Å². The van der Waals surface area contributed by atoms with E-state index in [0.29, 0.717) is 0 Å². The molecular weight excluding hydrogens is 496 g/mol. The number of rotatable bonds is 2. The van der Waals surface area contributed by atoms with Crippen LogP contribution in [-0.2, 0) is 4.32 Å². The number of hydrogen-bond acceptors (Lipinski definition) is 0. The highest BCUT2D eigenvalue weighted by Gasteiger charge is 2.34. The molecule has 1 atom stereocenters. The van der Waals surface area contributed by atoms with Crippen LogP contribution in [0.1, 0.15) is 17.5 Å². The number of alkyl halides is 1. The average Bonchev–Trinajstić information content (AvgIpc) is 2.81. The van der Waals surface area contributed by atoms with Gasteiger partial charge in [0.05, 0.1) is 4.32 Å². The molecule has 144 valence electrons. The van der Waals surface area contributed by atoms with E-state index >= 15 is 0 Å². The Balaban J connectivity index is 1.76. The van der Waals surface area contributed by atoms with Crippen molar-refractivity contribution in [2.24, 2.45) is 0 Å². The van der Waals surface area contributed by atoms with Gasteiger partial charge in [0, 0.05) is 4.47 Å². The molecule has 0 bridgehead atoms. The first-order valence-electron chi connectivity index (χ1n) is 10.1. The molecule has 0 heterocycles. The Morgan fingerprint density at radius 3 is 2.17 bits per heavy atom. The summed E-state index contributed by atoms with van der Waals surface area (Å²) in [6.07, 6.45) is 3.32. The lowest BCUT2D eigenvalue weighted by atomic mass is 9.79. The van der Waals surface area contributed by atoms with Crippen LogP contribution >= 0.6 is 31.9 Å². The van der Waals surface area contributed by atoms with Crippen molar-refractivity contribution < 1.29 is 0 Å². The molecule has 0 spiro atoms. The lowest BCUT2D eigenvalue weighted by molar-refractivity contribution is 0.796. The summed E-state index contributed by atoms with van der Waals surface area (Å²) in [4.78, 5) is 0. The molecule has 0 N–H and O–H groups in total. The first-order chi connectivity index (χ1) is 14.7. The van der Waals surface area contributed by atoms with E-state index in [-0.39, 0.29) is 4.32 Å². The maximum Gasteiger partial charge on any atom is 0.0795 e. The van der Waals surface area contributed by atoms with E-state index in [0.717, 1.165) is 10.9 Å². The van der Waals surface area contributed by atoms with Gasteiger partial charge in [-0.1, -0.05) is 123 Å². The molecule has 0 amide bonds. The van der Waals surface area contributed by atoms with Gasteiger partial charge < -0.3 is 0 Å². The Bertz CT molecular complexity index is 1470. The normalized spacial score (nSPS) is 17.9. The van der Waals surface area contributed by atoms with Gasteiger partial charge in [-0.05, 0) is 61.5 Å². The highest BCUT2D eigenvalue weighted by molar-refractivity contribution is 9.10. The SMILES string of the molecule is Brc1cc(-c2ccccc2)c2ccc3c4c(ccc1c24)C(Br)(c1ccccc1)CC=3. The van der Waals surface area contributed by atoms with E-state index in [4.69, 9.17) is 0 Å². The Labute approximate surface area is 192 Å². The number of benzene rings is 5. The lowest BCUT2D eigenvalue weighted by Gasteiger charge is -2.32. The predicted octanol–water partition coefficient (Wildman–Crippen LogP) is 7.96. The summed E-state index contributed by atoms with van der Waals surface area (Å²) >= 11 is 8.04. The van der Waals surface area contributed by atoms with Gasteiger partial charge in [-0.3, -0.25) is 0 Å². The Morgan fingerprint density at radius 1 is 0.700 bits per heavy atom. The second-order valence-corrected chi connectivity index (χ2v) is 10.2. The zero-order valence-electron chi connectivity index (χ0n) is 16.2. The standard InChI is InChI=1S/C28H18Br2/c29-25-17-23(18-7-3-1-4-8-18)21-12-11-19-15-16-28(30,20-9-5-2-6-10-20)24-14-13-22(25)27(21)26(19)24/h1-15,17H,16H2. The third-order valence-corrected chi connectivity index (χ3v) is 8.22. The Morgan fingerprint density at radius 2 is 1.40 bits per heavy atom. The van der Waals surface area contributed by atoms with Crippen LogP contribution in [0.5, 0.6) is 0 Å². The predicted molar refractivity (Wildman–Crippen MR) is 135 cm³/mol. The van der Waals surface area contributed by atoms with Crippen LogP contribution < -0.4 is 5.22 Å². The summed E-state index contributed by atoms with van der Waals surface area (Å²) in [5.41, 5.74) is 5.16. The quantitative estimate of drug-likeness (QED) is 0.210. The van der Waals surface area contributed by atoms with Crippen molar-refractivity contribution in [2.45, 2.75) is 10.7 Å². The van der Waals surface area contributed by atoms with Crippen molar-refractivity contribution in [3.63, 3.8) is 0 Å². The van der Waals surface area contributed by atoms with Crippen molar-refractivity contribution in [1.29, 1.82) is 0 Å². The molecule has 5 aromatic rings. The molecule has 0 fully saturated rings. The van der Waals surface area contributed by atoms with Gasteiger partial charge in [-0.25, -0.2) is 0 Å². The molecule has 0 saturated carbocycles. The van der Waals surface area contributed by atoms with Crippen LogP contribution in [0, 0.1) is 0 Å². The molecule has 5 aromatic carbocycles. The van der Waals surface area contributed by atoms with Crippen LogP contribution in [0.3, 0.4) is 0 Å². The van der Waals surface area contributed by atoms with Crippen LogP contribution in [0.4, 0.5) is 0 Å². The zero-order chi connectivity index (χ0) is 20.3. The molecule has 6 rings (SSSR count). The Kier molecular flexibility index (Phi) is 4.16. The topological polar surface area (TPSA) is 0 Å². The third kappa shape index (κ3) is 2.57. The summed E-state index contributed by atoms with van der Waals surface area (Å²) in [5.74, 6) is 0. The molecule has 0 aromatic heterocycles. The molecule has 0 radical (unpaired) electrons. The lowest BCUT2D eigenvalue weighted by Crippen LogP contribution is -2.26. The van der Waals surface area contributed by atoms with Crippen molar-refractivity contribution in [3.05, 3.63) is 112 Å². The van der Waals surface area contributed by atoms with Gasteiger partial charge in [0.15, 0.2) is 0 Å². The maximum absolute atomic E-state index is 4.17. The number of halogens is 2. The molecule has 1 unspecified atom stereocenters. The first kappa shape index (κ1) is 18.4. The van der Waals surface area contributed by atoms with Gasteiger partial charge in [0.25, 0.3) is 0 Å². The van der Waals surface area contributed by atoms with Crippen molar-refractivity contribution in [3.8, 4) is 11.1 Å². The molecule has 1 aliphatic carbocycles. The van der Waals surface area contributed by atoms with E-state index in [1.807, 2.05) is 0 Å². The van der Waals surface area contributed by atoms with E-state index in [2.05, 4.69) is 129 Å². The minimum absolute atomic E-state index is 0.209. The maximum atomic E-state index is 4.17. The minimum atomic E-state index is -0.209. The second-order valence-electron chi connectivity index (χ2n) is 7.96. The largest absolute Gasteiger partial charge is 0.0795 e. The van der Waals surface area contributed by atoms with E-state index < -0.39 is 0 Å². The summed E-state index contributed by atoms with van der Waals surface area (Å²) in [7, 11) is 0. The highest BCUT2D eigenvalue weighted by Crippen LogP contribution is 2.49. The van der Waals surface area contributed by atoms with E-state index in [1.54, 1.807) is 0 Å². The molecule has 30 heavy (non-hydrogen) atoms. The molecule has 0 nitrogen and oxygen atoms in total. The van der Waals surface area contributed by atoms with Crippen molar-refractivity contribution >= 4 is 59.5 Å². The van der Waals surface area contributed by atoms with Crippen LogP contribution in [-0.4, -0.2) is 0 Å². The molecular formula is C28H18Br2. The van der Waals surface area contributed by atoms with Gasteiger partial charge >= 0.3 is 0 Å². The minimum Gasteiger partial charge on any atom is -0.0745 e. The van der Waals surface area contributed by atoms with E-state index in [9.17, 15) is 0 Å². The summed E-state index contributed by atoms with van der Waals surface area (Å²) in [5, 5.41) is 6.59. The second kappa shape index (κ2) is 6.80. The van der Waals surface area contributed by atoms with E-state index in [1.165, 1.54) is 49.0 Å². The average molecular weight is 514 g/mol. The smallest absolute Gasteiger partial charge is 0.0745 e. The third-order valence-electron chi connectivity index (χ3n) is 6.36. The number of hydrogen-bond donors (Lipinski definition) is 0. The fraction of sp³-hybridized carbons (Fsp3) is 0.0714. The van der Waals surface area contributed by atoms with Gasteiger partial charge in [-0.2, -0.15) is 0 Å². The monoisotopic (exact) mass is 512 g/mol. The van der Waals surface area contributed by atoms with Crippen molar-refractivity contribution in [1.82, 2.24) is 0 Å². The van der Waals surface area contributed by atoms with Gasteiger partial charge in [0.1, 0.15) is 0 Å². The van der Waals surface area contributed by atoms with Gasteiger partial charge in [-0.15, -0.1) is 0 Å². The molecule has 2 heteroatoms. The zero-order valence-corrected chi connectivity index (χ0v) is 19.4. The van der Waals surface area contributed by atoms with Crippen LogP contribution in [0.25, 0.3) is 38.7 Å². The fourth-order valence-electron chi connectivity index (χ4n) is 4.92. The molecule has 0 aliphatic heterocycles. The van der Waals surface area contributed by atoms with Crippen molar-refractivity contribution in [2.75, 3.05) is 0 Å².